The largest absolute Gasteiger partial charge is 0.373 e. The highest BCUT2D eigenvalue weighted by Gasteiger charge is 2.26. The summed E-state index contributed by atoms with van der Waals surface area (Å²) in [6.45, 7) is 6.31. The van der Waals surface area contributed by atoms with Gasteiger partial charge in [-0.2, -0.15) is 0 Å². The van der Waals surface area contributed by atoms with Crippen LogP contribution in [-0.4, -0.2) is 23.8 Å². The number of aryl methyl sites for hydroxylation is 2. The Morgan fingerprint density at radius 3 is 2.72 bits per heavy atom. The summed E-state index contributed by atoms with van der Waals surface area (Å²) in [7, 11) is 0. The molecule has 6 nitrogen and oxygen atoms in total. The summed E-state index contributed by atoms with van der Waals surface area (Å²) >= 11 is 0. The minimum atomic E-state index is -0.175. The van der Waals surface area contributed by atoms with Gasteiger partial charge in [-0.05, 0) is 39.2 Å². The Balaban J connectivity index is 1.56. The third-order valence-electron chi connectivity index (χ3n) is 4.66. The number of rotatable bonds is 4. The van der Waals surface area contributed by atoms with Crippen LogP contribution < -0.4 is 10.6 Å². The molecule has 6 heteroatoms. The van der Waals surface area contributed by atoms with Crippen molar-refractivity contribution in [2.45, 2.75) is 51.8 Å². The van der Waals surface area contributed by atoms with Gasteiger partial charge in [-0.15, -0.1) is 0 Å². The summed E-state index contributed by atoms with van der Waals surface area (Å²) in [5.74, 6) is 0.737. The monoisotopic (exact) mass is 343 g/mol. The van der Waals surface area contributed by atoms with Gasteiger partial charge in [0.1, 0.15) is 5.76 Å². The van der Waals surface area contributed by atoms with Gasteiger partial charge in [0, 0.05) is 18.2 Å². The fourth-order valence-electron chi connectivity index (χ4n) is 3.43. The van der Waals surface area contributed by atoms with Crippen LogP contribution in [0.3, 0.4) is 0 Å². The van der Waals surface area contributed by atoms with E-state index < -0.39 is 0 Å². The second kappa shape index (κ2) is 7.70. The van der Waals surface area contributed by atoms with E-state index in [4.69, 9.17) is 9.26 Å². The van der Waals surface area contributed by atoms with E-state index in [2.05, 4.69) is 27.9 Å². The van der Waals surface area contributed by atoms with E-state index in [0.717, 1.165) is 35.4 Å². The molecule has 134 valence electrons. The number of aromatic nitrogens is 1. The van der Waals surface area contributed by atoms with Crippen molar-refractivity contribution in [1.29, 1.82) is 0 Å². The van der Waals surface area contributed by atoms with Gasteiger partial charge in [-0.25, -0.2) is 4.79 Å². The van der Waals surface area contributed by atoms with E-state index in [0.29, 0.717) is 6.61 Å². The smallest absolute Gasteiger partial charge is 0.315 e. The van der Waals surface area contributed by atoms with Crippen LogP contribution in [0.5, 0.6) is 0 Å². The van der Waals surface area contributed by atoms with E-state index >= 15 is 0 Å². The van der Waals surface area contributed by atoms with Crippen LogP contribution in [-0.2, 0) is 4.74 Å². The van der Waals surface area contributed by atoms with Gasteiger partial charge < -0.3 is 19.9 Å². The number of hydrogen-bond donors (Lipinski definition) is 2. The zero-order valence-corrected chi connectivity index (χ0v) is 14.9. The Morgan fingerprint density at radius 2 is 2.04 bits per heavy atom. The average Bonchev–Trinajstić information content (AvgIpc) is 2.94. The molecule has 0 aliphatic carbocycles. The number of amides is 2. The molecule has 2 N–H and O–H groups in total. The van der Waals surface area contributed by atoms with Gasteiger partial charge in [0.15, 0.2) is 0 Å². The first-order valence-electron chi connectivity index (χ1n) is 8.71. The summed E-state index contributed by atoms with van der Waals surface area (Å²) in [6, 6.07) is 9.89. The molecule has 1 aromatic heterocycles. The van der Waals surface area contributed by atoms with Crippen LogP contribution in [0.2, 0.25) is 0 Å². The number of nitrogens with zero attached hydrogens (tertiary/aromatic N) is 1. The fourth-order valence-corrected chi connectivity index (χ4v) is 3.43. The normalized spacial score (nSPS) is 21.6. The molecule has 1 aliphatic rings. The van der Waals surface area contributed by atoms with Crippen LogP contribution in [0.1, 0.15) is 54.5 Å². The minimum absolute atomic E-state index is 0.0280. The molecule has 25 heavy (non-hydrogen) atoms. The molecule has 2 aromatic rings. The van der Waals surface area contributed by atoms with Crippen LogP contribution >= 0.6 is 0 Å². The summed E-state index contributed by atoms with van der Waals surface area (Å²) in [6.07, 6.45) is 1.62. The van der Waals surface area contributed by atoms with Crippen LogP contribution in [0, 0.1) is 13.8 Å². The lowest BCUT2D eigenvalue weighted by Gasteiger charge is -2.30. The Morgan fingerprint density at radius 1 is 1.28 bits per heavy atom. The predicted molar refractivity (Wildman–Crippen MR) is 94.2 cm³/mol. The summed E-state index contributed by atoms with van der Waals surface area (Å²) in [5, 5.41) is 9.98. The van der Waals surface area contributed by atoms with Crippen molar-refractivity contribution < 1.29 is 14.1 Å². The molecular weight excluding hydrogens is 318 g/mol. The molecule has 0 unspecified atom stereocenters. The Kier molecular flexibility index (Phi) is 5.38. The van der Waals surface area contributed by atoms with Crippen molar-refractivity contribution in [3.8, 4) is 0 Å². The molecule has 0 saturated carbocycles. The highest BCUT2D eigenvalue weighted by molar-refractivity contribution is 5.74. The van der Waals surface area contributed by atoms with Crippen molar-refractivity contribution in [2.24, 2.45) is 0 Å². The number of ether oxygens (including phenoxy) is 1. The van der Waals surface area contributed by atoms with Crippen LogP contribution in [0.15, 0.2) is 34.9 Å². The zero-order valence-electron chi connectivity index (χ0n) is 14.9. The summed E-state index contributed by atoms with van der Waals surface area (Å²) in [5.41, 5.74) is 2.89. The van der Waals surface area contributed by atoms with Gasteiger partial charge in [-0.1, -0.05) is 35.5 Å². The lowest BCUT2D eigenvalue weighted by atomic mass is 9.97. The van der Waals surface area contributed by atoms with E-state index in [1.54, 1.807) is 0 Å². The average molecular weight is 343 g/mol. The Hall–Kier alpha value is -2.34. The number of benzene rings is 1. The molecule has 0 bridgehead atoms. The van der Waals surface area contributed by atoms with Gasteiger partial charge >= 0.3 is 6.03 Å². The molecule has 1 aromatic carbocycles. The highest BCUT2D eigenvalue weighted by Crippen LogP contribution is 2.28. The molecular formula is C19H25N3O3. The van der Waals surface area contributed by atoms with E-state index in [-0.39, 0.29) is 24.2 Å². The third kappa shape index (κ3) is 4.20. The quantitative estimate of drug-likeness (QED) is 0.890. The topological polar surface area (TPSA) is 76.4 Å². The predicted octanol–water partition coefficient (Wildman–Crippen LogP) is 3.57. The molecule has 2 heterocycles. The van der Waals surface area contributed by atoms with Gasteiger partial charge in [0.05, 0.1) is 17.8 Å². The number of hydrogen-bond acceptors (Lipinski definition) is 4. The molecule has 1 fully saturated rings. The van der Waals surface area contributed by atoms with Gasteiger partial charge in [0.2, 0.25) is 0 Å². The highest BCUT2D eigenvalue weighted by atomic mass is 16.5. The van der Waals surface area contributed by atoms with Crippen molar-refractivity contribution in [3.05, 3.63) is 52.9 Å². The van der Waals surface area contributed by atoms with Crippen LogP contribution in [0.25, 0.3) is 0 Å². The van der Waals surface area contributed by atoms with Crippen molar-refractivity contribution in [1.82, 2.24) is 15.8 Å². The number of carbonyl (C=O) groups is 1. The first-order chi connectivity index (χ1) is 12.0. The van der Waals surface area contributed by atoms with Gasteiger partial charge in [-0.3, -0.25) is 0 Å². The maximum Gasteiger partial charge on any atom is 0.315 e. The lowest BCUT2D eigenvalue weighted by Crippen LogP contribution is -2.45. The molecule has 1 saturated heterocycles. The van der Waals surface area contributed by atoms with E-state index in [9.17, 15) is 4.79 Å². The lowest BCUT2D eigenvalue weighted by molar-refractivity contribution is 0.00222. The first kappa shape index (κ1) is 17.5. The second-order valence-corrected chi connectivity index (χ2v) is 6.57. The Bertz CT molecular complexity index is 694. The molecule has 2 amide bonds. The molecule has 3 rings (SSSR count). The molecule has 3 atom stereocenters. The molecule has 1 aliphatic heterocycles. The molecule has 0 spiro atoms. The van der Waals surface area contributed by atoms with Crippen molar-refractivity contribution >= 4 is 6.03 Å². The van der Waals surface area contributed by atoms with Crippen molar-refractivity contribution in [3.63, 3.8) is 0 Å². The first-order valence-corrected chi connectivity index (χ1v) is 8.71. The number of urea groups is 1. The molecule has 0 radical (unpaired) electrons. The second-order valence-electron chi connectivity index (χ2n) is 6.57. The number of carbonyl (C=O) groups excluding carboxylic acids is 1. The van der Waals surface area contributed by atoms with E-state index in [1.165, 1.54) is 0 Å². The Labute approximate surface area is 147 Å². The van der Waals surface area contributed by atoms with Crippen molar-refractivity contribution in [2.75, 3.05) is 6.61 Å². The maximum absolute atomic E-state index is 12.4. The summed E-state index contributed by atoms with van der Waals surface area (Å²) < 4.78 is 11.0. The fraction of sp³-hybridized carbons (Fsp3) is 0.474. The summed E-state index contributed by atoms with van der Waals surface area (Å²) in [4.78, 5) is 12.4. The van der Waals surface area contributed by atoms with E-state index in [1.807, 2.05) is 39.0 Å². The number of nitrogens with one attached hydrogen (secondary N) is 2. The maximum atomic E-state index is 12.4. The third-order valence-corrected chi connectivity index (χ3v) is 4.66. The van der Waals surface area contributed by atoms with Gasteiger partial charge in [0.25, 0.3) is 0 Å². The standard InChI is InChI=1S/C19H25N3O3/c1-12(18-13(2)22-25-14(18)3)20-19(23)21-16-9-10-24-17(11-16)15-7-5-4-6-8-15/h4-8,12,16-17H,9-11H2,1-3H3,(H2,20,21,23)/t12-,16+,17-/m0/s1. The zero-order chi connectivity index (χ0) is 17.8. The minimum Gasteiger partial charge on any atom is -0.373 e. The van der Waals surface area contributed by atoms with Crippen LogP contribution in [0.4, 0.5) is 4.79 Å². The SMILES string of the molecule is Cc1noc(C)c1[C@H](C)NC(=O)N[C@@H]1CCO[C@H](c2ccccc2)C1.